The molecule has 0 unspecified atom stereocenters. The van der Waals surface area contributed by atoms with Crippen molar-refractivity contribution >= 4 is 50.3 Å². The number of hydrazone groups is 1. The molecule has 1 N–H and O–H groups in total. The third kappa shape index (κ3) is 5.24. The highest BCUT2D eigenvalue weighted by Gasteiger charge is 2.25. The lowest BCUT2D eigenvalue weighted by molar-refractivity contribution is -0.384. The Balaban J connectivity index is 2.42. The van der Waals surface area contributed by atoms with E-state index in [9.17, 15) is 18.5 Å². The van der Waals surface area contributed by atoms with E-state index in [4.69, 9.17) is 23.2 Å². The molecule has 0 heterocycles. The smallest absolute Gasteiger partial charge is 0.271 e. The van der Waals surface area contributed by atoms with Crippen LogP contribution in [0.25, 0.3) is 0 Å². The number of hydrogen-bond acceptors (Lipinski definition) is 6. The van der Waals surface area contributed by atoms with Crippen LogP contribution < -0.4 is 5.43 Å². The van der Waals surface area contributed by atoms with Crippen LogP contribution in [-0.2, 0) is 10.0 Å². The molecule has 0 saturated heterocycles. The first-order chi connectivity index (χ1) is 13.6. The van der Waals surface area contributed by atoms with Gasteiger partial charge < -0.3 is 0 Å². The first-order valence-corrected chi connectivity index (χ1v) is 10.9. The van der Waals surface area contributed by atoms with Crippen molar-refractivity contribution in [2.75, 3.05) is 18.5 Å². The maximum Gasteiger partial charge on any atom is 0.295 e. The molecule has 2 aromatic rings. The molecule has 0 bridgehead atoms. The molecule has 0 radical (unpaired) electrons. The van der Waals surface area contributed by atoms with Gasteiger partial charge in [-0.15, -0.1) is 0 Å². The van der Waals surface area contributed by atoms with E-state index in [1.807, 2.05) is 0 Å². The minimum atomic E-state index is -3.83. The Labute approximate surface area is 179 Å². The number of nitrogens with zero attached hydrogens (tertiary/aromatic N) is 3. The Morgan fingerprint density at radius 1 is 1.17 bits per heavy atom. The second-order valence-electron chi connectivity index (χ2n) is 5.96. The first kappa shape index (κ1) is 23.1. The minimum Gasteiger partial charge on any atom is -0.271 e. The number of benzene rings is 2. The molecule has 0 spiro atoms. The highest BCUT2D eigenvalue weighted by atomic mass is 35.5. The standard InChI is InChI=1S/C18H20Cl2N4O4S/c1-4-23(5-2)29(27,28)14-7-9-17(18(11-14)24(25)26)22-21-12(3)15-10-13(19)6-8-16(15)20/h6-11,22H,4-5H2,1-3H3/b21-12+. The van der Waals surface area contributed by atoms with Gasteiger partial charge in [0, 0.05) is 34.8 Å². The van der Waals surface area contributed by atoms with Crippen molar-refractivity contribution in [2.45, 2.75) is 25.7 Å². The van der Waals surface area contributed by atoms with Gasteiger partial charge in [0.15, 0.2) is 0 Å². The van der Waals surface area contributed by atoms with Gasteiger partial charge in [0.1, 0.15) is 5.69 Å². The van der Waals surface area contributed by atoms with Crippen LogP contribution in [0.2, 0.25) is 10.0 Å². The van der Waals surface area contributed by atoms with Gasteiger partial charge in [-0.25, -0.2) is 8.42 Å². The maximum atomic E-state index is 12.6. The zero-order valence-electron chi connectivity index (χ0n) is 16.0. The zero-order valence-corrected chi connectivity index (χ0v) is 18.3. The van der Waals surface area contributed by atoms with Crippen molar-refractivity contribution in [1.82, 2.24) is 4.31 Å². The van der Waals surface area contributed by atoms with Gasteiger partial charge in [-0.05, 0) is 37.3 Å². The number of sulfonamides is 1. The normalized spacial score (nSPS) is 12.3. The van der Waals surface area contributed by atoms with Crippen LogP contribution in [0.1, 0.15) is 26.3 Å². The van der Waals surface area contributed by atoms with Crippen molar-refractivity contribution < 1.29 is 13.3 Å². The molecule has 8 nitrogen and oxygen atoms in total. The second kappa shape index (κ2) is 9.53. The van der Waals surface area contributed by atoms with Crippen molar-refractivity contribution in [3.8, 4) is 0 Å². The van der Waals surface area contributed by atoms with E-state index >= 15 is 0 Å². The van der Waals surface area contributed by atoms with Crippen molar-refractivity contribution in [1.29, 1.82) is 0 Å². The SMILES string of the molecule is CCN(CC)S(=O)(=O)c1ccc(N/N=C(\C)c2cc(Cl)ccc2Cl)c([N+](=O)[O-])c1. The van der Waals surface area contributed by atoms with Crippen LogP contribution in [0.4, 0.5) is 11.4 Å². The Morgan fingerprint density at radius 3 is 2.41 bits per heavy atom. The van der Waals surface area contributed by atoms with Crippen molar-refractivity contribution in [2.24, 2.45) is 5.10 Å². The lowest BCUT2D eigenvalue weighted by Crippen LogP contribution is -2.30. The van der Waals surface area contributed by atoms with Crippen LogP contribution in [-0.4, -0.2) is 36.4 Å². The van der Waals surface area contributed by atoms with E-state index < -0.39 is 20.6 Å². The zero-order chi connectivity index (χ0) is 21.8. The van der Waals surface area contributed by atoms with Gasteiger partial charge in [0.05, 0.1) is 15.5 Å². The summed E-state index contributed by atoms with van der Waals surface area (Å²) in [5.74, 6) is 0. The summed E-state index contributed by atoms with van der Waals surface area (Å²) in [7, 11) is -3.83. The average Bonchev–Trinajstić information content (AvgIpc) is 2.68. The molecule has 11 heteroatoms. The van der Waals surface area contributed by atoms with E-state index in [2.05, 4.69) is 10.5 Å². The predicted molar refractivity (Wildman–Crippen MR) is 115 cm³/mol. The molecule has 156 valence electrons. The number of rotatable bonds is 8. The number of nitro groups is 1. The first-order valence-electron chi connectivity index (χ1n) is 8.66. The fourth-order valence-electron chi connectivity index (χ4n) is 2.61. The summed E-state index contributed by atoms with van der Waals surface area (Å²) in [6.45, 7) is 5.58. The number of nitrogens with one attached hydrogen (secondary N) is 1. The lowest BCUT2D eigenvalue weighted by atomic mass is 10.1. The molecular formula is C18H20Cl2N4O4S. The minimum absolute atomic E-state index is 0.0472. The molecule has 2 aromatic carbocycles. The van der Waals surface area contributed by atoms with E-state index in [1.165, 1.54) is 16.4 Å². The summed E-state index contributed by atoms with van der Waals surface area (Å²) < 4.78 is 26.5. The van der Waals surface area contributed by atoms with Crippen molar-refractivity contribution in [3.63, 3.8) is 0 Å². The highest BCUT2D eigenvalue weighted by Crippen LogP contribution is 2.29. The third-order valence-electron chi connectivity index (χ3n) is 4.17. The molecular weight excluding hydrogens is 439 g/mol. The molecule has 0 aromatic heterocycles. The summed E-state index contributed by atoms with van der Waals surface area (Å²) in [6, 6.07) is 8.51. The molecule has 0 amide bonds. The summed E-state index contributed by atoms with van der Waals surface area (Å²) in [6.07, 6.45) is 0. The van der Waals surface area contributed by atoms with Crippen LogP contribution in [0.5, 0.6) is 0 Å². The van der Waals surface area contributed by atoms with Gasteiger partial charge in [-0.1, -0.05) is 37.0 Å². The number of anilines is 1. The monoisotopic (exact) mass is 458 g/mol. The van der Waals surface area contributed by atoms with Crippen LogP contribution in [0.3, 0.4) is 0 Å². The van der Waals surface area contributed by atoms with Gasteiger partial charge >= 0.3 is 0 Å². The molecule has 0 aliphatic carbocycles. The quantitative estimate of drug-likeness (QED) is 0.348. The van der Waals surface area contributed by atoms with E-state index in [-0.39, 0.29) is 23.7 Å². The molecule has 2 rings (SSSR count). The number of hydrogen-bond donors (Lipinski definition) is 1. The van der Waals surface area contributed by atoms with Gasteiger partial charge in [-0.2, -0.15) is 9.41 Å². The fourth-order valence-corrected chi connectivity index (χ4v) is 4.51. The predicted octanol–water partition coefficient (Wildman–Crippen LogP) is 4.77. The summed E-state index contributed by atoms with van der Waals surface area (Å²) in [4.78, 5) is 10.7. The number of nitro benzene ring substituents is 1. The van der Waals surface area contributed by atoms with Gasteiger partial charge in [0.25, 0.3) is 5.69 Å². The van der Waals surface area contributed by atoms with Crippen LogP contribution >= 0.6 is 23.2 Å². The Morgan fingerprint density at radius 2 is 1.83 bits per heavy atom. The Bertz CT molecular complexity index is 1050. The molecule has 0 atom stereocenters. The van der Waals surface area contributed by atoms with E-state index in [0.29, 0.717) is 21.3 Å². The number of halogens is 2. The molecule has 0 aliphatic rings. The van der Waals surface area contributed by atoms with E-state index in [0.717, 1.165) is 6.07 Å². The largest absolute Gasteiger partial charge is 0.295 e. The molecule has 0 fully saturated rings. The van der Waals surface area contributed by atoms with E-state index in [1.54, 1.807) is 39.0 Å². The topological polar surface area (TPSA) is 105 Å². The fraction of sp³-hybridized carbons (Fsp3) is 0.278. The molecule has 0 aliphatic heterocycles. The Hall–Kier alpha value is -2.20. The molecule has 29 heavy (non-hydrogen) atoms. The van der Waals surface area contributed by atoms with Crippen molar-refractivity contribution in [3.05, 3.63) is 62.1 Å². The second-order valence-corrected chi connectivity index (χ2v) is 8.74. The summed E-state index contributed by atoms with van der Waals surface area (Å²) in [5.41, 5.74) is 3.26. The van der Waals surface area contributed by atoms with Crippen LogP contribution in [0, 0.1) is 10.1 Å². The Kier molecular flexibility index (Phi) is 7.59. The summed E-state index contributed by atoms with van der Waals surface area (Å²) in [5, 5.41) is 16.5. The van der Waals surface area contributed by atoms with Crippen LogP contribution in [0.15, 0.2) is 46.4 Å². The highest BCUT2D eigenvalue weighted by molar-refractivity contribution is 7.89. The van der Waals surface area contributed by atoms with Gasteiger partial charge in [0.2, 0.25) is 10.0 Å². The summed E-state index contributed by atoms with van der Waals surface area (Å²) >= 11 is 12.1. The molecule has 0 saturated carbocycles. The average molecular weight is 459 g/mol. The lowest BCUT2D eigenvalue weighted by Gasteiger charge is -2.18. The van der Waals surface area contributed by atoms with Gasteiger partial charge in [-0.3, -0.25) is 15.5 Å². The third-order valence-corrected chi connectivity index (χ3v) is 6.78. The maximum absolute atomic E-state index is 12.6.